The molecule has 0 bridgehead atoms. The van der Waals surface area contributed by atoms with Gasteiger partial charge < -0.3 is 9.30 Å². The van der Waals surface area contributed by atoms with Crippen LogP contribution < -0.4 is 9.46 Å². The number of fused-ring (bicyclic) bond motifs is 1. The summed E-state index contributed by atoms with van der Waals surface area (Å²) in [6.45, 7) is 0.339. The summed E-state index contributed by atoms with van der Waals surface area (Å²) in [5.41, 5.74) is 3.40. The van der Waals surface area contributed by atoms with Gasteiger partial charge in [0.05, 0.1) is 17.3 Å². The van der Waals surface area contributed by atoms with Gasteiger partial charge in [-0.2, -0.15) is 0 Å². The van der Waals surface area contributed by atoms with E-state index in [4.69, 9.17) is 4.98 Å². The van der Waals surface area contributed by atoms with Crippen LogP contribution in [0.2, 0.25) is 0 Å². The zero-order valence-electron chi connectivity index (χ0n) is 16.8. The molecule has 1 aromatic heterocycles. The number of hydrogen-bond acceptors (Lipinski definition) is 4. The molecule has 0 unspecified atom stereocenters. The highest BCUT2D eigenvalue weighted by Gasteiger charge is 2.31. The molecule has 0 saturated heterocycles. The first-order valence-electron chi connectivity index (χ1n) is 9.46. The third kappa shape index (κ3) is 5.20. The van der Waals surface area contributed by atoms with E-state index in [0.29, 0.717) is 23.6 Å². The number of anilines is 1. The van der Waals surface area contributed by atoms with E-state index in [0.717, 1.165) is 22.9 Å². The smallest absolute Gasteiger partial charge is 0.406 e. The number of alkyl halides is 3. The van der Waals surface area contributed by atoms with E-state index in [2.05, 4.69) is 9.46 Å². The van der Waals surface area contributed by atoms with Gasteiger partial charge in [0.2, 0.25) is 10.0 Å². The van der Waals surface area contributed by atoms with Gasteiger partial charge >= 0.3 is 6.36 Å². The first-order valence-corrected chi connectivity index (χ1v) is 11.3. The van der Waals surface area contributed by atoms with Crippen molar-refractivity contribution in [2.24, 2.45) is 0 Å². The molecule has 0 spiro atoms. The summed E-state index contributed by atoms with van der Waals surface area (Å²) in [7, 11) is -3.45. The maximum Gasteiger partial charge on any atom is 0.573 e. The van der Waals surface area contributed by atoms with Gasteiger partial charge in [0.25, 0.3) is 0 Å². The molecule has 4 rings (SSSR count). The number of aromatic nitrogens is 2. The summed E-state index contributed by atoms with van der Waals surface area (Å²) < 4.78 is 68.8. The third-order valence-corrected chi connectivity index (χ3v) is 5.18. The van der Waals surface area contributed by atoms with E-state index in [1.54, 1.807) is 30.3 Å². The largest absolute Gasteiger partial charge is 0.573 e. The average Bonchev–Trinajstić information content (AvgIpc) is 3.06. The molecule has 0 aliphatic carbocycles. The summed E-state index contributed by atoms with van der Waals surface area (Å²) >= 11 is 0. The Morgan fingerprint density at radius 3 is 2.41 bits per heavy atom. The number of halogens is 3. The molecule has 0 atom stereocenters. The maximum atomic E-state index is 12.4. The molecule has 0 radical (unpaired) electrons. The number of para-hydroxylation sites is 2. The van der Waals surface area contributed by atoms with Crippen LogP contribution in [0.4, 0.5) is 18.9 Å². The Labute approximate surface area is 182 Å². The first kappa shape index (κ1) is 21.7. The number of hydrogen-bond donors (Lipinski definition) is 1. The van der Waals surface area contributed by atoms with Crippen LogP contribution in [0.5, 0.6) is 5.75 Å². The summed E-state index contributed by atoms with van der Waals surface area (Å²) in [5.74, 6) is 0.301. The normalized spacial score (nSPS) is 12.1. The molecule has 3 aromatic carbocycles. The van der Waals surface area contributed by atoms with Crippen LogP contribution in [-0.4, -0.2) is 30.6 Å². The second-order valence-corrected chi connectivity index (χ2v) is 8.91. The fourth-order valence-corrected chi connectivity index (χ4v) is 3.93. The lowest BCUT2D eigenvalue weighted by Gasteiger charge is -2.12. The second-order valence-electron chi connectivity index (χ2n) is 7.16. The van der Waals surface area contributed by atoms with Crippen molar-refractivity contribution in [3.63, 3.8) is 0 Å². The maximum absolute atomic E-state index is 12.4. The molecule has 0 amide bonds. The fourth-order valence-electron chi connectivity index (χ4n) is 3.37. The Morgan fingerprint density at radius 1 is 1.00 bits per heavy atom. The van der Waals surface area contributed by atoms with Crippen molar-refractivity contribution in [3.8, 4) is 17.1 Å². The van der Waals surface area contributed by atoms with Crippen molar-refractivity contribution in [1.82, 2.24) is 9.55 Å². The molecule has 0 aliphatic heterocycles. The molecule has 1 N–H and O–H groups in total. The van der Waals surface area contributed by atoms with Crippen molar-refractivity contribution in [2.75, 3.05) is 11.0 Å². The Bertz CT molecular complexity index is 1360. The van der Waals surface area contributed by atoms with Gasteiger partial charge in [-0.25, -0.2) is 13.4 Å². The Kier molecular flexibility index (Phi) is 5.55. The quantitative estimate of drug-likeness (QED) is 0.438. The predicted octanol–water partition coefficient (Wildman–Crippen LogP) is 5.02. The summed E-state index contributed by atoms with van der Waals surface area (Å²) in [6, 6.07) is 20.0. The van der Waals surface area contributed by atoms with Crippen molar-refractivity contribution >= 4 is 26.7 Å². The van der Waals surface area contributed by atoms with Crippen LogP contribution in [0.15, 0.2) is 72.8 Å². The van der Waals surface area contributed by atoms with Crippen LogP contribution in [0.3, 0.4) is 0 Å². The van der Waals surface area contributed by atoms with Crippen molar-refractivity contribution in [3.05, 3.63) is 78.4 Å². The van der Waals surface area contributed by atoms with Crippen LogP contribution in [0.25, 0.3) is 22.4 Å². The Hall–Kier alpha value is -3.53. The van der Waals surface area contributed by atoms with E-state index < -0.39 is 16.4 Å². The van der Waals surface area contributed by atoms with E-state index in [-0.39, 0.29) is 5.75 Å². The lowest BCUT2D eigenvalue weighted by atomic mass is 10.1. The molecule has 6 nitrogen and oxygen atoms in total. The highest BCUT2D eigenvalue weighted by molar-refractivity contribution is 7.92. The minimum absolute atomic E-state index is 0.295. The minimum Gasteiger partial charge on any atom is -0.406 e. The highest BCUT2D eigenvalue weighted by atomic mass is 32.2. The Morgan fingerprint density at radius 2 is 1.72 bits per heavy atom. The number of sulfonamides is 1. The van der Waals surface area contributed by atoms with Crippen LogP contribution in [-0.2, 0) is 16.6 Å². The third-order valence-electron chi connectivity index (χ3n) is 4.58. The topological polar surface area (TPSA) is 73.2 Å². The van der Waals surface area contributed by atoms with Crippen molar-refractivity contribution in [2.45, 2.75) is 12.9 Å². The summed E-state index contributed by atoms with van der Waals surface area (Å²) in [5, 5.41) is 0. The van der Waals surface area contributed by atoms with Gasteiger partial charge in [-0.1, -0.05) is 36.4 Å². The SMILES string of the molecule is CS(=O)(=O)Nc1cccc(-c2nc3ccccc3n2Cc2ccc(OC(F)(F)F)cc2)c1. The highest BCUT2D eigenvalue weighted by Crippen LogP contribution is 2.29. The predicted molar refractivity (Wildman–Crippen MR) is 116 cm³/mol. The van der Waals surface area contributed by atoms with Crippen LogP contribution in [0, 0.1) is 0 Å². The summed E-state index contributed by atoms with van der Waals surface area (Å²) in [6.07, 6.45) is -3.68. The zero-order valence-corrected chi connectivity index (χ0v) is 17.6. The molecule has 0 fully saturated rings. The van der Waals surface area contributed by atoms with E-state index in [9.17, 15) is 21.6 Å². The van der Waals surface area contributed by atoms with Gasteiger partial charge in [-0.3, -0.25) is 4.72 Å². The Balaban J connectivity index is 1.73. The molecule has 4 aromatic rings. The van der Waals surface area contributed by atoms with Gasteiger partial charge in [0.1, 0.15) is 11.6 Å². The van der Waals surface area contributed by atoms with E-state index in [1.165, 1.54) is 12.1 Å². The minimum atomic E-state index is -4.75. The average molecular weight is 461 g/mol. The second kappa shape index (κ2) is 8.19. The van der Waals surface area contributed by atoms with Crippen LogP contribution >= 0.6 is 0 Å². The van der Waals surface area contributed by atoms with Crippen molar-refractivity contribution < 1.29 is 26.3 Å². The summed E-state index contributed by atoms with van der Waals surface area (Å²) in [4.78, 5) is 4.69. The molecule has 10 heteroatoms. The van der Waals surface area contributed by atoms with E-state index in [1.807, 2.05) is 34.9 Å². The first-order chi connectivity index (χ1) is 15.1. The lowest BCUT2D eigenvalue weighted by Crippen LogP contribution is -2.17. The fraction of sp³-hybridized carbons (Fsp3) is 0.136. The molecular formula is C22H18F3N3O3S. The monoisotopic (exact) mass is 461 g/mol. The molecule has 0 saturated carbocycles. The van der Waals surface area contributed by atoms with Gasteiger partial charge in [0.15, 0.2) is 0 Å². The molecule has 32 heavy (non-hydrogen) atoms. The van der Waals surface area contributed by atoms with Gasteiger partial charge in [-0.05, 0) is 42.0 Å². The van der Waals surface area contributed by atoms with Gasteiger partial charge in [0, 0.05) is 17.8 Å². The number of nitrogens with one attached hydrogen (secondary N) is 1. The molecule has 0 aliphatic rings. The number of benzene rings is 3. The number of nitrogens with zero attached hydrogens (tertiary/aromatic N) is 2. The lowest BCUT2D eigenvalue weighted by molar-refractivity contribution is -0.274. The van der Waals surface area contributed by atoms with E-state index >= 15 is 0 Å². The standard InChI is InChI=1S/C22H18F3N3O3S/c1-32(29,30)27-17-6-4-5-16(13-17)21-26-19-7-2-3-8-20(19)28(21)14-15-9-11-18(12-10-15)31-22(23,24)25/h2-13,27H,14H2,1H3. The zero-order chi connectivity index (χ0) is 22.9. The molecular weight excluding hydrogens is 443 g/mol. The number of imidazole rings is 1. The van der Waals surface area contributed by atoms with Gasteiger partial charge in [-0.15, -0.1) is 13.2 Å². The molecule has 166 valence electrons. The van der Waals surface area contributed by atoms with Crippen LogP contribution in [0.1, 0.15) is 5.56 Å². The van der Waals surface area contributed by atoms with Crippen molar-refractivity contribution in [1.29, 1.82) is 0 Å². The molecule has 1 heterocycles. The number of ether oxygens (including phenoxy) is 1. The number of rotatable bonds is 6.